The maximum absolute atomic E-state index is 10.8. The van der Waals surface area contributed by atoms with Crippen LogP contribution in [-0.4, -0.2) is 32.8 Å². The first-order chi connectivity index (χ1) is 8.22. The fourth-order valence-corrected chi connectivity index (χ4v) is 1.59. The monoisotopic (exact) mass is 301 g/mol. The van der Waals surface area contributed by atoms with Crippen molar-refractivity contribution in [2.24, 2.45) is 0 Å². The van der Waals surface area contributed by atoms with Gasteiger partial charge in [0.2, 0.25) is 0 Å². The van der Waals surface area contributed by atoms with E-state index >= 15 is 0 Å². The molecule has 0 amide bonds. The van der Waals surface area contributed by atoms with Gasteiger partial charge >= 0.3 is 5.97 Å². The largest absolute Gasteiger partial charge is 0.492 e. The van der Waals surface area contributed by atoms with Crippen LogP contribution in [0.25, 0.3) is 0 Å². The van der Waals surface area contributed by atoms with Gasteiger partial charge in [-0.1, -0.05) is 22.0 Å². The van der Waals surface area contributed by atoms with Crippen LogP contribution < -0.4 is 10.1 Å². The summed E-state index contributed by atoms with van der Waals surface area (Å²) < 4.78 is 11.0. The Kier molecular flexibility index (Phi) is 6.65. The molecule has 0 aliphatic carbocycles. The van der Waals surface area contributed by atoms with Crippen LogP contribution >= 0.6 is 15.9 Å². The number of esters is 1. The minimum absolute atomic E-state index is 0.203. The molecule has 1 rings (SSSR count). The van der Waals surface area contributed by atoms with Crippen molar-refractivity contribution >= 4 is 21.9 Å². The van der Waals surface area contributed by atoms with Crippen LogP contribution in [0, 0.1) is 0 Å². The van der Waals surface area contributed by atoms with Crippen LogP contribution in [0.3, 0.4) is 0 Å². The van der Waals surface area contributed by atoms with Crippen LogP contribution in [0.4, 0.5) is 0 Å². The second kappa shape index (κ2) is 8.08. The molecule has 0 aliphatic rings. The van der Waals surface area contributed by atoms with Crippen molar-refractivity contribution in [1.82, 2.24) is 5.32 Å². The predicted octanol–water partition coefficient (Wildman–Crippen LogP) is 1.98. The molecule has 1 aromatic carbocycles. The molecule has 0 saturated heterocycles. The fraction of sp³-hybridized carbons (Fsp3) is 0.417. The molecule has 94 valence electrons. The summed E-state index contributed by atoms with van der Waals surface area (Å²) >= 11 is 3.37. The lowest BCUT2D eigenvalue weighted by Crippen LogP contribution is -2.24. The molecule has 0 heterocycles. The zero-order valence-corrected chi connectivity index (χ0v) is 11.3. The molecule has 4 nitrogen and oxygen atoms in total. The van der Waals surface area contributed by atoms with Crippen molar-refractivity contribution in [2.45, 2.75) is 6.42 Å². The molecule has 0 saturated carbocycles. The van der Waals surface area contributed by atoms with Gasteiger partial charge in [-0.15, -0.1) is 0 Å². The summed E-state index contributed by atoms with van der Waals surface area (Å²) in [4.78, 5) is 10.8. The van der Waals surface area contributed by atoms with Crippen molar-refractivity contribution in [3.63, 3.8) is 0 Å². The Labute approximate surface area is 109 Å². The Morgan fingerprint density at radius 1 is 1.41 bits per heavy atom. The smallest absolute Gasteiger partial charge is 0.306 e. The molecular weight excluding hydrogens is 286 g/mol. The predicted molar refractivity (Wildman–Crippen MR) is 69.1 cm³/mol. The average Bonchev–Trinajstić information content (AvgIpc) is 2.33. The van der Waals surface area contributed by atoms with Crippen molar-refractivity contribution in [3.05, 3.63) is 28.7 Å². The van der Waals surface area contributed by atoms with Crippen LogP contribution in [0.1, 0.15) is 6.42 Å². The number of nitrogens with one attached hydrogen (secondary N) is 1. The second-order valence-corrected chi connectivity index (χ2v) is 4.30. The van der Waals surface area contributed by atoms with Crippen molar-refractivity contribution < 1.29 is 14.3 Å². The van der Waals surface area contributed by atoms with Crippen molar-refractivity contribution in [2.75, 3.05) is 26.8 Å². The first-order valence-electron chi connectivity index (χ1n) is 5.38. The molecule has 0 unspecified atom stereocenters. The van der Waals surface area contributed by atoms with E-state index in [1.165, 1.54) is 7.11 Å². The highest BCUT2D eigenvalue weighted by Gasteiger charge is 1.98. The highest BCUT2D eigenvalue weighted by molar-refractivity contribution is 9.10. The lowest BCUT2D eigenvalue weighted by molar-refractivity contribution is -0.140. The van der Waals surface area contributed by atoms with Crippen molar-refractivity contribution in [1.29, 1.82) is 0 Å². The Morgan fingerprint density at radius 2 is 2.24 bits per heavy atom. The lowest BCUT2D eigenvalue weighted by atomic mass is 10.3. The third kappa shape index (κ3) is 6.28. The number of hydrogen-bond donors (Lipinski definition) is 1. The number of ether oxygens (including phenoxy) is 2. The van der Waals surface area contributed by atoms with E-state index in [2.05, 4.69) is 26.0 Å². The molecule has 1 aromatic rings. The van der Waals surface area contributed by atoms with E-state index < -0.39 is 0 Å². The van der Waals surface area contributed by atoms with Gasteiger partial charge in [-0.05, 0) is 18.2 Å². The van der Waals surface area contributed by atoms with E-state index in [1.807, 2.05) is 24.3 Å². The molecule has 0 atom stereocenters. The maximum Gasteiger partial charge on any atom is 0.306 e. The van der Waals surface area contributed by atoms with Gasteiger partial charge in [-0.25, -0.2) is 0 Å². The number of halogens is 1. The van der Waals surface area contributed by atoms with Crippen LogP contribution in [-0.2, 0) is 9.53 Å². The molecule has 1 N–H and O–H groups in total. The quantitative estimate of drug-likeness (QED) is 0.618. The van der Waals surface area contributed by atoms with Gasteiger partial charge in [0.1, 0.15) is 12.4 Å². The van der Waals surface area contributed by atoms with Crippen LogP contribution in [0.5, 0.6) is 5.75 Å². The summed E-state index contributed by atoms with van der Waals surface area (Å²) in [6.45, 7) is 1.87. The summed E-state index contributed by atoms with van der Waals surface area (Å²) in [5.74, 6) is 0.625. The summed E-state index contributed by atoms with van der Waals surface area (Å²) in [6, 6.07) is 7.68. The SMILES string of the molecule is COC(=O)CCNCCOc1cccc(Br)c1. The number of hydrogen-bond acceptors (Lipinski definition) is 4. The third-order valence-electron chi connectivity index (χ3n) is 2.08. The molecule has 17 heavy (non-hydrogen) atoms. The van der Waals surface area contributed by atoms with E-state index in [1.54, 1.807) is 0 Å². The van der Waals surface area contributed by atoms with Gasteiger partial charge in [-0.2, -0.15) is 0 Å². The summed E-state index contributed by atoms with van der Waals surface area (Å²) in [7, 11) is 1.39. The van der Waals surface area contributed by atoms with Crippen molar-refractivity contribution in [3.8, 4) is 5.75 Å². The first-order valence-corrected chi connectivity index (χ1v) is 6.17. The number of benzene rings is 1. The van der Waals surface area contributed by atoms with Gasteiger partial charge < -0.3 is 14.8 Å². The fourth-order valence-electron chi connectivity index (χ4n) is 1.22. The lowest BCUT2D eigenvalue weighted by Gasteiger charge is -2.07. The van der Waals surface area contributed by atoms with Crippen LogP contribution in [0.2, 0.25) is 0 Å². The Morgan fingerprint density at radius 3 is 2.94 bits per heavy atom. The minimum Gasteiger partial charge on any atom is -0.492 e. The standard InChI is InChI=1S/C12H16BrNO3/c1-16-12(15)5-6-14-7-8-17-11-4-2-3-10(13)9-11/h2-4,9,14H,5-8H2,1H3. The Hall–Kier alpha value is -1.07. The van der Waals surface area contributed by atoms with E-state index in [0.29, 0.717) is 26.1 Å². The Bertz CT molecular complexity index is 357. The van der Waals surface area contributed by atoms with Gasteiger partial charge in [0.25, 0.3) is 0 Å². The van der Waals surface area contributed by atoms with Gasteiger partial charge in [0.15, 0.2) is 0 Å². The zero-order valence-electron chi connectivity index (χ0n) is 9.74. The number of rotatable bonds is 7. The van der Waals surface area contributed by atoms with Gasteiger partial charge in [0.05, 0.1) is 13.5 Å². The number of carbonyl (C=O) groups is 1. The molecule has 5 heteroatoms. The van der Waals surface area contributed by atoms with Crippen LogP contribution in [0.15, 0.2) is 28.7 Å². The Balaban J connectivity index is 2.06. The molecule has 0 aromatic heterocycles. The zero-order chi connectivity index (χ0) is 12.5. The summed E-state index contributed by atoms with van der Waals surface area (Å²) in [6.07, 6.45) is 0.382. The third-order valence-corrected chi connectivity index (χ3v) is 2.57. The van der Waals surface area contributed by atoms with E-state index in [-0.39, 0.29) is 5.97 Å². The molecule has 0 fully saturated rings. The number of methoxy groups -OCH3 is 1. The molecule has 0 spiro atoms. The maximum atomic E-state index is 10.8. The average molecular weight is 302 g/mol. The topological polar surface area (TPSA) is 47.6 Å². The molecule has 0 bridgehead atoms. The second-order valence-electron chi connectivity index (χ2n) is 3.38. The molecule has 0 aliphatic heterocycles. The van der Waals surface area contributed by atoms with E-state index in [0.717, 1.165) is 10.2 Å². The van der Waals surface area contributed by atoms with E-state index in [9.17, 15) is 4.79 Å². The summed E-state index contributed by atoms with van der Waals surface area (Å²) in [5.41, 5.74) is 0. The molecule has 0 radical (unpaired) electrons. The first kappa shape index (κ1) is 14.0. The van der Waals surface area contributed by atoms with Gasteiger partial charge in [-0.3, -0.25) is 4.79 Å². The normalized spacial score (nSPS) is 10.0. The minimum atomic E-state index is -0.203. The molecular formula is C12H16BrNO3. The highest BCUT2D eigenvalue weighted by Crippen LogP contribution is 2.17. The van der Waals surface area contributed by atoms with Gasteiger partial charge in [0, 0.05) is 17.6 Å². The summed E-state index contributed by atoms with van der Waals surface area (Å²) in [5, 5.41) is 3.10. The number of carbonyl (C=O) groups excluding carboxylic acids is 1. The highest BCUT2D eigenvalue weighted by atomic mass is 79.9. The van der Waals surface area contributed by atoms with E-state index in [4.69, 9.17) is 4.74 Å².